The number of aromatic nitrogens is 1. The van der Waals surface area contributed by atoms with Crippen LogP contribution in [0.4, 0.5) is 11.4 Å². The van der Waals surface area contributed by atoms with Crippen LogP contribution in [0, 0.1) is 10.1 Å². The van der Waals surface area contributed by atoms with E-state index in [9.17, 15) is 14.9 Å². The number of amides is 1. The molecule has 132 valence electrons. The number of nitro benzene ring substituents is 1. The maximum Gasteiger partial charge on any atom is 0.270 e. The summed E-state index contributed by atoms with van der Waals surface area (Å²) < 4.78 is 0. The highest BCUT2D eigenvalue weighted by Gasteiger charge is 2.16. The fraction of sp³-hybridized carbons (Fsp3) is 0.111. The van der Waals surface area contributed by atoms with Crippen molar-refractivity contribution in [1.29, 1.82) is 0 Å². The molecule has 0 saturated heterocycles. The van der Waals surface area contributed by atoms with Crippen molar-refractivity contribution in [3.8, 4) is 10.6 Å². The molecule has 0 spiro atoms. The van der Waals surface area contributed by atoms with Crippen molar-refractivity contribution in [2.45, 2.75) is 6.54 Å². The van der Waals surface area contributed by atoms with Crippen molar-refractivity contribution in [2.75, 3.05) is 12.4 Å². The van der Waals surface area contributed by atoms with Crippen LogP contribution in [0.2, 0.25) is 0 Å². The Labute approximate surface area is 153 Å². The zero-order chi connectivity index (χ0) is 18.5. The molecule has 26 heavy (non-hydrogen) atoms. The molecule has 0 fully saturated rings. The van der Waals surface area contributed by atoms with Crippen molar-refractivity contribution in [2.24, 2.45) is 0 Å². The van der Waals surface area contributed by atoms with Gasteiger partial charge in [0.2, 0.25) is 0 Å². The van der Waals surface area contributed by atoms with E-state index in [0.29, 0.717) is 12.2 Å². The van der Waals surface area contributed by atoms with Crippen LogP contribution in [-0.4, -0.2) is 22.9 Å². The molecule has 7 nitrogen and oxygen atoms in total. The summed E-state index contributed by atoms with van der Waals surface area (Å²) in [5.74, 6) is -0.389. The zero-order valence-corrected chi connectivity index (χ0v) is 14.7. The van der Waals surface area contributed by atoms with E-state index in [2.05, 4.69) is 15.6 Å². The van der Waals surface area contributed by atoms with E-state index in [0.717, 1.165) is 16.3 Å². The van der Waals surface area contributed by atoms with Gasteiger partial charge in [-0.15, -0.1) is 11.3 Å². The number of hydrogen-bond donors (Lipinski definition) is 2. The first kappa shape index (κ1) is 17.6. The highest BCUT2D eigenvalue weighted by Crippen LogP contribution is 2.25. The number of thiazole rings is 1. The Balaban J connectivity index is 1.78. The second-order valence-corrected chi connectivity index (χ2v) is 6.29. The summed E-state index contributed by atoms with van der Waals surface area (Å²) in [6.07, 6.45) is 0. The number of nitrogens with zero attached hydrogens (tertiary/aromatic N) is 2. The van der Waals surface area contributed by atoms with Gasteiger partial charge in [-0.1, -0.05) is 30.3 Å². The van der Waals surface area contributed by atoms with Crippen molar-refractivity contribution >= 4 is 28.6 Å². The molecule has 1 aromatic heterocycles. The lowest BCUT2D eigenvalue weighted by Gasteiger charge is -2.10. The van der Waals surface area contributed by atoms with E-state index in [1.54, 1.807) is 0 Å². The first-order chi connectivity index (χ1) is 12.6. The fourth-order valence-electron chi connectivity index (χ4n) is 2.41. The molecule has 2 N–H and O–H groups in total. The number of anilines is 1. The van der Waals surface area contributed by atoms with Crippen LogP contribution in [0.3, 0.4) is 0 Å². The molecular formula is C18H16N4O3S. The summed E-state index contributed by atoms with van der Waals surface area (Å²) >= 11 is 1.54. The average molecular weight is 368 g/mol. The minimum Gasteiger partial charge on any atom is -0.379 e. The molecule has 3 rings (SSSR count). The highest BCUT2D eigenvalue weighted by molar-refractivity contribution is 7.13. The van der Waals surface area contributed by atoms with Gasteiger partial charge in [-0.3, -0.25) is 14.9 Å². The lowest BCUT2D eigenvalue weighted by Crippen LogP contribution is -2.20. The van der Waals surface area contributed by atoms with E-state index < -0.39 is 4.92 Å². The number of rotatable bonds is 6. The first-order valence-electron chi connectivity index (χ1n) is 7.82. The molecule has 0 aliphatic heterocycles. The lowest BCUT2D eigenvalue weighted by atomic mass is 10.1. The van der Waals surface area contributed by atoms with Gasteiger partial charge in [-0.2, -0.15) is 0 Å². The van der Waals surface area contributed by atoms with Crippen LogP contribution in [0.25, 0.3) is 10.6 Å². The summed E-state index contributed by atoms with van der Waals surface area (Å²) in [5, 5.41) is 19.4. The van der Waals surface area contributed by atoms with Gasteiger partial charge in [0.15, 0.2) is 0 Å². The molecule has 2 aromatic carbocycles. The van der Waals surface area contributed by atoms with Crippen LogP contribution in [0.5, 0.6) is 0 Å². The van der Waals surface area contributed by atoms with Crippen molar-refractivity contribution in [3.05, 3.63) is 75.3 Å². The number of nitrogens with one attached hydrogen (secondary N) is 2. The Morgan fingerprint density at radius 3 is 2.69 bits per heavy atom. The summed E-state index contributed by atoms with van der Waals surface area (Å²) in [4.78, 5) is 27.0. The summed E-state index contributed by atoms with van der Waals surface area (Å²) in [6.45, 7) is 0.408. The van der Waals surface area contributed by atoms with E-state index in [4.69, 9.17) is 0 Å². The van der Waals surface area contributed by atoms with E-state index in [1.165, 1.54) is 36.6 Å². The number of carbonyl (C=O) groups is 1. The van der Waals surface area contributed by atoms with Crippen LogP contribution in [0.1, 0.15) is 16.1 Å². The van der Waals surface area contributed by atoms with Crippen molar-refractivity contribution in [1.82, 2.24) is 10.3 Å². The second-order valence-electron chi connectivity index (χ2n) is 5.43. The van der Waals surface area contributed by atoms with Gasteiger partial charge in [0, 0.05) is 35.8 Å². The van der Waals surface area contributed by atoms with E-state index >= 15 is 0 Å². The molecule has 0 atom stereocenters. The number of non-ortho nitro benzene ring substituents is 1. The topological polar surface area (TPSA) is 97.2 Å². The van der Waals surface area contributed by atoms with Gasteiger partial charge in [-0.25, -0.2) is 4.98 Å². The normalized spacial score (nSPS) is 10.3. The Hall–Kier alpha value is -3.26. The smallest absolute Gasteiger partial charge is 0.270 e. The average Bonchev–Trinajstić information content (AvgIpc) is 3.15. The summed E-state index contributed by atoms with van der Waals surface area (Å²) in [5.41, 5.74) is 2.48. The SMILES string of the molecule is CNC(=O)c1cc([N+](=O)[O-])ccc1NCc1csc(-c2ccccc2)n1. The predicted molar refractivity (Wildman–Crippen MR) is 101 cm³/mol. The third-order valence-corrected chi connectivity index (χ3v) is 4.66. The first-order valence-corrected chi connectivity index (χ1v) is 8.70. The predicted octanol–water partition coefficient (Wildman–Crippen LogP) is 3.69. The van der Waals surface area contributed by atoms with Crippen LogP contribution >= 0.6 is 11.3 Å². The molecule has 0 bridgehead atoms. The van der Waals surface area contributed by atoms with Crippen LogP contribution in [-0.2, 0) is 6.54 Å². The molecule has 3 aromatic rings. The van der Waals surface area contributed by atoms with E-state index in [1.807, 2.05) is 35.7 Å². The molecule has 0 aliphatic carbocycles. The number of hydrogen-bond acceptors (Lipinski definition) is 6. The monoisotopic (exact) mass is 368 g/mol. The standard InChI is InChI=1S/C18H16N4O3S/c1-19-17(23)15-9-14(22(24)25)7-8-16(15)20-10-13-11-26-18(21-13)12-5-3-2-4-6-12/h2-9,11,20H,10H2,1H3,(H,19,23). The van der Waals surface area contributed by atoms with Crippen molar-refractivity contribution < 1.29 is 9.72 Å². The van der Waals surface area contributed by atoms with Gasteiger partial charge in [0.05, 0.1) is 22.7 Å². The van der Waals surface area contributed by atoms with Gasteiger partial charge in [0.25, 0.3) is 11.6 Å². The number of benzene rings is 2. The van der Waals surface area contributed by atoms with Gasteiger partial charge in [0.1, 0.15) is 5.01 Å². The third-order valence-electron chi connectivity index (χ3n) is 3.72. The van der Waals surface area contributed by atoms with Gasteiger partial charge >= 0.3 is 0 Å². The van der Waals surface area contributed by atoms with Crippen molar-refractivity contribution in [3.63, 3.8) is 0 Å². The molecule has 0 aliphatic rings. The molecule has 1 amide bonds. The van der Waals surface area contributed by atoms with Crippen LogP contribution in [0.15, 0.2) is 53.9 Å². The Kier molecular flexibility index (Phi) is 5.23. The van der Waals surface area contributed by atoms with Gasteiger partial charge in [-0.05, 0) is 6.07 Å². The third kappa shape index (κ3) is 3.86. The number of carbonyl (C=O) groups excluding carboxylic acids is 1. The molecule has 0 radical (unpaired) electrons. The van der Waals surface area contributed by atoms with Crippen LogP contribution < -0.4 is 10.6 Å². The second kappa shape index (κ2) is 7.75. The molecule has 0 saturated carbocycles. The zero-order valence-electron chi connectivity index (χ0n) is 13.9. The maximum atomic E-state index is 12.0. The molecule has 1 heterocycles. The fourth-order valence-corrected chi connectivity index (χ4v) is 3.24. The molecular weight excluding hydrogens is 352 g/mol. The van der Waals surface area contributed by atoms with Gasteiger partial charge < -0.3 is 10.6 Å². The Morgan fingerprint density at radius 2 is 2.00 bits per heavy atom. The largest absolute Gasteiger partial charge is 0.379 e. The summed E-state index contributed by atoms with van der Waals surface area (Å²) in [6, 6.07) is 14.0. The Morgan fingerprint density at radius 1 is 1.23 bits per heavy atom. The quantitative estimate of drug-likeness (QED) is 0.511. The van der Waals surface area contributed by atoms with E-state index in [-0.39, 0.29) is 17.2 Å². The highest BCUT2D eigenvalue weighted by atomic mass is 32.1. The summed E-state index contributed by atoms with van der Waals surface area (Å²) in [7, 11) is 1.48. The maximum absolute atomic E-state index is 12.0. The lowest BCUT2D eigenvalue weighted by molar-refractivity contribution is -0.384. The minimum absolute atomic E-state index is 0.130. The molecule has 8 heteroatoms. The molecule has 0 unspecified atom stereocenters. The number of nitro groups is 1. The minimum atomic E-state index is -0.525. The Bertz CT molecular complexity index is 941.